The molecule has 1 aliphatic rings. The van der Waals surface area contributed by atoms with Crippen LogP contribution in [0.3, 0.4) is 0 Å². The number of rotatable bonds is 10. The van der Waals surface area contributed by atoms with Crippen LogP contribution in [0.4, 0.5) is 0 Å². The molecular formula is C17H29N3O4S. The molecule has 0 aromatic rings. The Bertz CT molecular complexity index is 520. The summed E-state index contributed by atoms with van der Waals surface area (Å²) in [5.74, 6) is -1.05. The number of likely N-dealkylation sites (tertiary alicyclic amines) is 1. The Morgan fingerprint density at radius 2 is 1.80 bits per heavy atom. The number of carbonyl (C=O) groups excluding carboxylic acids is 4. The van der Waals surface area contributed by atoms with E-state index in [1.807, 2.05) is 0 Å². The molecule has 142 valence electrons. The Balaban J connectivity index is 2.49. The van der Waals surface area contributed by atoms with Gasteiger partial charge in [-0.3, -0.25) is 24.1 Å². The topological polar surface area (TPSA) is 95.6 Å². The molecule has 0 bridgehead atoms. The van der Waals surface area contributed by atoms with Gasteiger partial charge >= 0.3 is 0 Å². The molecule has 0 aromatic heterocycles. The molecule has 0 radical (unpaired) electrons. The minimum atomic E-state index is -0.365. The largest absolute Gasteiger partial charge is 0.355 e. The van der Waals surface area contributed by atoms with Gasteiger partial charge in [0.1, 0.15) is 0 Å². The highest BCUT2D eigenvalue weighted by atomic mass is 32.2. The lowest BCUT2D eigenvalue weighted by Crippen LogP contribution is -2.39. The lowest BCUT2D eigenvalue weighted by molar-refractivity contribution is -0.138. The van der Waals surface area contributed by atoms with E-state index in [0.29, 0.717) is 6.54 Å². The first kappa shape index (κ1) is 21.5. The van der Waals surface area contributed by atoms with Crippen molar-refractivity contribution < 1.29 is 19.2 Å². The molecule has 0 saturated carbocycles. The Hall–Kier alpha value is -1.57. The molecule has 2 N–H and O–H groups in total. The molecule has 1 saturated heterocycles. The monoisotopic (exact) mass is 371 g/mol. The van der Waals surface area contributed by atoms with Crippen molar-refractivity contribution in [1.82, 2.24) is 15.5 Å². The third-order valence-electron chi connectivity index (χ3n) is 4.51. The van der Waals surface area contributed by atoms with E-state index in [1.165, 1.54) is 4.90 Å². The fraction of sp³-hybridized carbons (Fsp3) is 0.765. The maximum Gasteiger partial charge on any atom is 0.242 e. The van der Waals surface area contributed by atoms with Crippen molar-refractivity contribution in [3.05, 3.63) is 0 Å². The molecule has 1 atom stereocenters. The molecule has 1 unspecified atom stereocenters. The van der Waals surface area contributed by atoms with Crippen molar-refractivity contribution in [3.8, 4) is 0 Å². The number of thioether (sulfide) groups is 1. The third-order valence-corrected chi connectivity index (χ3v) is 6.31. The zero-order valence-corrected chi connectivity index (χ0v) is 16.3. The highest BCUT2D eigenvalue weighted by molar-refractivity contribution is 8.02. The van der Waals surface area contributed by atoms with Crippen LogP contribution in [0.25, 0.3) is 0 Å². The van der Waals surface area contributed by atoms with Crippen LogP contribution in [0.15, 0.2) is 0 Å². The number of hydrogen-bond donors (Lipinski definition) is 2. The van der Waals surface area contributed by atoms with E-state index < -0.39 is 0 Å². The zero-order valence-electron chi connectivity index (χ0n) is 15.5. The van der Waals surface area contributed by atoms with Crippen LogP contribution in [-0.4, -0.2) is 58.2 Å². The normalized spacial score (nSPS) is 17.8. The van der Waals surface area contributed by atoms with E-state index in [9.17, 15) is 19.2 Å². The van der Waals surface area contributed by atoms with Crippen LogP contribution in [0, 0.1) is 0 Å². The quantitative estimate of drug-likeness (QED) is 0.560. The van der Waals surface area contributed by atoms with Crippen molar-refractivity contribution in [1.29, 1.82) is 0 Å². The first-order valence-corrected chi connectivity index (χ1v) is 9.69. The molecule has 0 aromatic carbocycles. The molecule has 7 nitrogen and oxygen atoms in total. The Morgan fingerprint density at radius 3 is 2.36 bits per heavy atom. The summed E-state index contributed by atoms with van der Waals surface area (Å²) in [4.78, 5) is 48.8. The van der Waals surface area contributed by atoms with Gasteiger partial charge in [0, 0.05) is 30.7 Å². The van der Waals surface area contributed by atoms with Crippen molar-refractivity contribution in [3.63, 3.8) is 0 Å². The smallest absolute Gasteiger partial charge is 0.242 e. The molecule has 4 amide bonds. The highest BCUT2D eigenvalue weighted by Crippen LogP contribution is 2.39. The van der Waals surface area contributed by atoms with Gasteiger partial charge in [0.15, 0.2) is 0 Å². The summed E-state index contributed by atoms with van der Waals surface area (Å²) in [5.41, 5.74) is 0. The second-order valence-corrected chi connectivity index (χ2v) is 8.12. The molecule has 8 heteroatoms. The van der Waals surface area contributed by atoms with Gasteiger partial charge in [0.2, 0.25) is 23.6 Å². The molecule has 1 fully saturated rings. The van der Waals surface area contributed by atoms with Gasteiger partial charge in [-0.15, -0.1) is 11.8 Å². The van der Waals surface area contributed by atoms with Crippen molar-refractivity contribution in [2.24, 2.45) is 0 Å². The predicted molar refractivity (Wildman–Crippen MR) is 98.0 cm³/mol. The van der Waals surface area contributed by atoms with E-state index in [1.54, 1.807) is 18.7 Å². The average molecular weight is 372 g/mol. The molecule has 0 aliphatic carbocycles. The van der Waals surface area contributed by atoms with Gasteiger partial charge in [0.05, 0.1) is 11.8 Å². The summed E-state index contributed by atoms with van der Waals surface area (Å²) in [6.07, 6.45) is 2.05. The molecular weight excluding hydrogens is 342 g/mol. The maximum atomic E-state index is 12.5. The second-order valence-electron chi connectivity index (χ2n) is 6.33. The van der Waals surface area contributed by atoms with Gasteiger partial charge in [-0.1, -0.05) is 20.8 Å². The van der Waals surface area contributed by atoms with Crippen LogP contribution < -0.4 is 10.6 Å². The standard InChI is InChI=1S/C17H29N3O4S/c1-5-17(4,6-2)25-12-10-15(23)20(16(12)24)9-8-13(21)19-11-14(22)18-7-3/h12H,5-11H2,1-4H3,(H,18,22)(H,19,21). The predicted octanol–water partition coefficient (Wildman–Crippen LogP) is 1.07. The average Bonchev–Trinajstić information content (AvgIpc) is 2.84. The maximum absolute atomic E-state index is 12.5. The molecule has 0 spiro atoms. The van der Waals surface area contributed by atoms with E-state index in [4.69, 9.17) is 0 Å². The fourth-order valence-electron chi connectivity index (χ4n) is 2.48. The molecule has 1 aliphatic heterocycles. The Kier molecular flexibility index (Phi) is 8.41. The SMILES string of the molecule is CCNC(=O)CNC(=O)CCN1C(=O)CC(SC(C)(CC)CC)C1=O. The first-order chi connectivity index (χ1) is 11.8. The molecule has 25 heavy (non-hydrogen) atoms. The molecule has 1 heterocycles. The number of imide groups is 1. The summed E-state index contributed by atoms with van der Waals surface area (Å²) in [6.45, 7) is 8.51. The Labute approximate surface area is 153 Å². The van der Waals surface area contributed by atoms with Crippen molar-refractivity contribution in [2.75, 3.05) is 19.6 Å². The van der Waals surface area contributed by atoms with Gasteiger partial charge in [-0.2, -0.15) is 0 Å². The minimum Gasteiger partial charge on any atom is -0.355 e. The van der Waals surface area contributed by atoms with E-state index in [-0.39, 0.29) is 59.6 Å². The van der Waals surface area contributed by atoms with Crippen LogP contribution in [0.2, 0.25) is 0 Å². The summed E-state index contributed by atoms with van der Waals surface area (Å²) in [6, 6.07) is 0. The second kappa shape index (κ2) is 9.79. The van der Waals surface area contributed by atoms with Crippen LogP contribution in [-0.2, 0) is 19.2 Å². The first-order valence-electron chi connectivity index (χ1n) is 8.81. The minimum absolute atomic E-state index is 0.00704. The van der Waals surface area contributed by atoms with E-state index >= 15 is 0 Å². The number of likely N-dealkylation sites (N-methyl/N-ethyl adjacent to an activating group) is 1. The van der Waals surface area contributed by atoms with Crippen LogP contribution in [0.5, 0.6) is 0 Å². The fourth-order valence-corrected chi connectivity index (χ4v) is 3.95. The summed E-state index contributed by atoms with van der Waals surface area (Å²) >= 11 is 1.56. The molecule has 1 rings (SSSR count). The Morgan fingerprint density at radius 1 is 1.16 bits per heavy atom. The lowest BCUT2D eigenvalue weighted by atomic mass is 10.1. The summed E-state index contributed by atoms with van der Waals surface area (Å²) < 4.78 is -0.0272. The lowest BCUT2D eigenvalue weighted by Gasteiger charge is -2.28. The highest BCUT2D eigenvalue weighted by Gasteiger charge is 2.41. The van der Waals surface area contributed by atoms with Gasteiger partial charge in [0.25, 0.3) is 0 Å². The number of hydrogen-bond acceptors (Lipinski definition) is 5. The zero-order chi connectivity index (χ0) is 19.0. The van der Waals surface area contributed by atoms with Crippen molar-refractivity contribution in [2.45, 2.75) is 63.4 Å². The van der Waals surface area contributed by atoms with Gasteiger partial charge in [-0.25, -0.2) is 0 Å². The van der Waals surface area contributed by atoms with E-state index in [0.717, 1.165) is 12.8 Å². The third kappa shape index (κ3) is 6.34. The van der Waals surface area contributed by atoms with Crippen molar-refractivity contribution >= 4 is 35.4 Å². The summed E-state index contributed by atoms with van der Waals surface area (Å²) in [7, 11) is 0. The van der Waals surface area contributed by atoms with E-state index in [2.05, 4.69) is 31.4 Å². The number of carbonyl (C=O) groups is 4. The van der Waals surface area contributed by atoms with Crippen LogP contribution in [0.1, 0.15) is 53.4 Å². The van der Waals surface area contributed by atoms with Gasteiger partial charge in [-0.05, 0) is 19.8 Å². The number of nitrogens with zero attached hydrogens (tertiary/aromatic N) is 1. The number of amides is 4. The number of nitrogens with one attached hydrogen (secondary N) is 2. The van der Waals surface area contributed by atoms with Crippen LogP contribution >= 0.6 is 11.8 Å². The summed E-state index contributed by atoms with van der Waals surface area (Å²) in [5, 5.41) is 4.69. The van der Waals surface area contributed by atoms with Gasteiger partial charge < -0.3 is 10.6 Å².